The first-order chi connectivity index (χ1) is 6.22. The SMILES string of the molecule is CCOC(=S)CC1CCCC(=O)C1. The number of carbonyl (C=O) groups is 1. The molecule has 74 valence electrons. The molecule has 1 aliphatic rings. The van der Waals surface area contributed by atoms with Crippen molar-refractivity contribution in [2.45, 2.75) is 39.0 Å². The Hall–Kier alpha value is -0.440. The van der Waals surface area contributed by atoms with E-state index in [1.165, 1.54) is 0 Å². The lowest BCUT2D eigenvalue weighted by Gasteiger charge is -2.20. The van der Waals surface area contributed by atoms with Crippen LogP contribution in [0.1, 0.15) is 39.0 Å². The first-order valence-corrected chi connectivity index (χ1v) is 5.30. The van der Waals surface area contributed by atoms with Gasteiger partial charge in [0.15, 0.2) is 5.05 Å². The topological polar surface area (TPSA) is 26.3 Å². The number of Topliss-reactive ketones (excluding diaryl/α,β-unsaturated/α-hetero) is 1. The van der Waals surface area contributed by atoms with Gasteiger partial charge in [-0.1, -0.05) is 0 Å². The van der Waals surface area contributed by atoms with Gasteiger partial charge in [0, 0.05) is 19.3 Å². The van der Waals surface area contributed by atoms with E-state index in [-0.39, 0.29) is 0 Å². The molecule has 1 fully saturated rings. The molecule has 3 heteroatoms. The number of carbonyl (C=O) groups excluding carboxylic acids is 1. The fourth-order valence-corrected chi connectivity index (χ4v) is 2.10. The Bertz CT molecular complexity index is 201. The molecule has 2 nitrogen and oxygen atoms in total. The predicted octanol–water partition coefficient (Wildman–Crippen LogP) is 2.50. The van der Waals surface area contributed by atoms with Crippen LogP contribution in [0, 0.1) is 5.92 Å². The van der Waals surface area contributed by atoms with E-state index in [9.17, 15) is 4.79 Å². The molecule has 0 radical (unpaired) electrons. The Kier molecular flexibility index (Phi) is 4.36. The number of hydrogen-bond donors (Lipinski definition) is 0. The van der Waals surface area contributed by atoms with Crippen molar-refractivity contribution in [2.75, 3.05) is 6.61 Å². The van der Waals surface area contributed by atoms with E-state index in [0.717, 1.165) is 25.7 Å². The summed E-state index contributed by atoms with van der Waals surface area (Å²) in [6.45, 7) is 2.57. The number of thiocarbonyl (C=S) groups is 1. The minimum absolute atomic E-state index is 0.385. The number of hydrogen-bond acceptors (Lipinski definition) is 3. The van der Waals surface area contributed by atoms with Crippen LogP contribution in [0.4, 0.5) is 0 Å². The standard InChI is InChI=1S/C10H16O2S/c1-2-12-10(13)7-8-4-3-5-9(11)6-8/h8H,2-7H2,1H3. The molecule has 0 heterocycles. The largest absolute Gasteiger partial charge is 0.487 e. The van der Waals surface area contributed by atoms with Crippen LogP contribution in [0.15, 0.2) is 0 Å². The molecule has 1 aliphatic carbocycles. The van der Waals surface area contributed by atoms with Crippen molar-refractivity contribution < 1.29 is 9.53 Å². The smallest absolute Gasteiger partial charge is 0.159 e. The lowest BCUT2D eigenvalue weighted by molar-refractivity contribution is -0.121. The molecule has 0 saturated heterocycles. The van der Waals surface area contributed by atoms with E-state index in [0.29, 0.717) is 29.8 Å². The average molecular weight is 200 g/mol. The van der Waals surface area contributed by atoms with Gasteiger partial charge >= 0.3 is 0 Å². The highest BCUT2D eigenvalue weighted by Gasteiger charge is 2.20. The Morgan fingerprint density at radius 3 is 3.08 bits per heavy atom. The van der Waals surface area contributed by atoms with Gasteiger partial charge in [-0.25, -0.2) is 0 Å². The number of ether oxygens (including phenoxy) is 1. The second-order valence-electron chi connectivity index (χ2n) is 3.51. The minimum atomic E-state index is 0.385. The van der Waals surface area contributed by atoms with Crippen molar-refractivity contribution >= 4 is 23.1 Å². The van der Waals surface area contributed by atoms with Gasteiger partial charge in [0.1, 0.15) is 5.78 Å². The van der Waals surface area contributed by atoms with Crippen LogP contribution < -0.4 is 0 Å². The highest BCUT2D eigenvalue weighted by molar-refractivity contribution is 7.80. The molecule has 1 rings (SSSR count). The third-order valence-corrected chi connectivity index (χ3v) is 2.63. The number of rotatable bonds is 3. The zero-order valence-electron chi connectivity index (χ0n) is 8.04. The molecule has 1 atom stereocenters. The molecule has 0 amide bonds. The van der Waals surface area contributed by atoms with Gasteiger partial charge in [-0.2, -0.15) is 0 Å². The molecule has 0 aromatic carbocycles. The van der Waals surface area contributed by atoms with E-state index < -0.39 is 0 Å². The third kappa shape index (κ3) is 3.85. The monoisotopic (exact) mass is 200 g/mol. The maximum Gasteiger partial charge on any atom is 0.159 e. The van der Waals surface area contributed by atoms with Crippen molar-refractivity contribution in [3.05, 3.63) is 0 Å². The van der Waals surface area contributed by atoms with Gasteiger partial charge in [-0.15, -0.1) is 0 Å². The second-order valence-corrected chi connectivity index (χ2v) is 3.97. The molecule has 0 aromatic heterocycles. The van der Waals surface area contributed by atoms with Gasteiger partial charge in [0.05, 0.1) is 6.61 Å². The fraction of sp³-hybridized carbons (Fsp3) is 0.800. The maximum atomic E-state index is 11.1. The lowest BCUT2D eigenvalue weighted by Crippen LogP contribution is -2.18. The predicted molar refractivity (Wildman–Crippen MR) is 55.8 cm³/mol. The van der Waals surface area contributed by atoms with Crippen LogP contribution in [-0.2, 0) is 9.53 Å². The molecule has 0 N–H and O–H groups in total. The van der Waals surface area contributed by atoms with Gasteiger partial charge in [0.2, 0.25) is 0 Å². The van der Waals surface area contributed by atoms with Gasteiger partial charge in [-0.3, -0.25) is 4.79 Å². The maximum absolute atomic E-state index is 11.1. The summed E-state index contributed by atoms with van der Waals surface area (Å²) >= 11 is 5.04. The molecule has 1 unspecified atom stereocenters. The van der Waals surface area contributed by atoms with Gasteiger partial charge in [-0.05, 0) is 37.9 Å². The summed E-state index contributed by atoms with van der Waals surface area (Å²) in [4.78, 5) is 11.1. The Morgan fingerprint density at radius 1 is 1.69 bits per heavy atom. The first-order valence-electron chi connectivity index (χ1n) is 4.89. The molecular formula is C10H16O2S. The Morgan fingerprint density at radius 2 is 2.46 bits per heavy atom. The van der Waals surface area contributed by atoms with Crippen LogP contribution in [0.3, 0.4) is 0 Å². The van der Waals surface area contributed by atoms with E-state index in [1.54, 1.807) is 0 Å². The summed E-state index contributed by atoms with van der Waals surface area (Å²) in [5.41, 5.74) is 0. The van der Waals surface area contributed by atoms with Crippen LogP contribution in [0.2, 0.25) is 0 Å². The summed E-state index contributed by atoms with van der Waals surface area (Å²) in [5.74, 6) is 0.829. The van der Waals surface area contributed by atoms with Crippen molar-refractivity contribution in [1.29, 1.82) is 0 Å². The minimum Gasteiger partial charge on any atom is -0.487 e. The molecule has 0 bridgehead atoms. The normalized spacial score (nSPS) is 22.8. The lowest BCUT2D eigenvalue weighted by atomic mass is 9.86. The van der Waals surface area contributed by atoms with Gasteiger partial charge < -0.3 is 4.74 Å². The zero-order chi connectivity index (χ0) is 9.68. The van der Waals surface area contributed by atoms with Gasteiger partial charge in [0.25, 0.3) is 0 Å². The number of ketones is 1. The van der Waals surface area contributed by atoms with E-state index >= 15 is 0 Å². The van der Waals surface area contributed by atoms with Crippen molar-refractivity contribution in [2.24, 2.45) is 5.92 Å². The quantitative estimate of drug-likeness (QED) is 0.655. The van der Waals surface area contributed by atoms with Crippen molar-refractivity contribution in [3.63, 3.8) is 0 Å². The second kappa shape index (κ2) is 5.32. The molecule has 0 aromatic rings. The molecule has 0 aliphatic heterocycles. The first kappa shape index (κ1) is 10.6. The Balaban J connectivity index is 2.27. The average Bonchev–Trinajstić information content (AvgIpc) is 2.04. The summed E-state index contributed by atoms with van der Waals surface area (Å²) in [7, 11) is 0. The Labute approximate surface area is 84.7 Å². The van der Waals surface area contributed by atoms with Crippen molar-refractivity contribution in [1.82, 2.24) is 0 Å². The molecule has 13 heavy (non-hydrogen) atoms. The van der Waals surface area contributed by atoms with E-state index in [2.05, 4.69) is 0 Å². The van der Waals surface area contributed by atoms with E-state index in [1.807, 2.05) is 6.92 Å². The summed E-state index contributed by atoms with van der Waals surface area (Å²) in [6, 6.07) is 0. The van der Waals surface area contributed by atoms with Crippen LogP contribution in [0.25, 0.3) is 0 Å². The van der Waals surface area contributed by atoms with Crippen molar-refractivity contribution in [3.8, 4) is 0 Å². The summed E-state index contributed by atoms with van der Waals surface area (Å²) in [6.07, 6.45) is 4.40. The molecule has 1 saturated carbocycles. The molecule has 0 spiro atoms. The zero-order valence-corrected chi connectivity index (χ0v) is 8.86. The fourth-order valence-electron chi connectivity index (χ4n) is 1.74. The summed E-state index contributed by atoms with van der Waals surface area (Å²) in [5, 5.41) is 0.669. The third-order valence-electron chi connectivity index (χ3n) is 2.35. The highest BCUT2D eigenvalue weighted by atomic mass is 32.1. The van der Waals surface area contributed by atoms with Crippen LogP contribution in [-0.4, -0.2) is 17.4 Å². The van der Waals surface area contributed by atoms with E-state index in [4.69, 9.17) is 17.0 Å². The molecular weight excluding hydrogens is 184 g/mol. The van der Waals surface area contributed by atoms with Crippen LogP contribution >= 0.6 is 12.2 Å². The highest BCUT2D eigenvalue weighted by Crippen LogP contribution is 2.24. The van der Waals surface area contributed by atoms with Crippen LogP contribution in [0.5, 0.6) is 0 Å². The summed E-state index contributed by atoms with van der Waals surface area (Å²) < 4.78 is 5.20.